The second kappa shape index (κ2) is 4.56. The molecule has 0 aromatic rings. The fraction of sp³-hybridized carbons (Fsp3) is 0.917. The molecule has 20 heavy (non-hydrogen) atoms. The molecule has 4 nitrogen and oxygen atoms in total. The number of nitrogens with zero attached hydrogens (tertiary/aromatic N) is 1. The molecule has 0 aromatic carbocycles. The van der Waals surface area contributed by atoms with Crippen molar-refractivity contribution in [1.29, 1.82) is 0 Å². The van der Waals surface area contributed by atoms with Gasteiger partial charge >= 0.3 is 5.97 Å². The molecular weight excluding hydrogens is 280 g/mol. The van der Waals surface area contributed by atoms with E-state index >= 15 is 0 Å². The van der Waals surface area contributed by atoms with E-state index in [1.165, 1.54) is 0 Å². The molecule has 2 heterocycles. The van der Waals surface area contributed by atoms with E-state index in [0.29, 0.717) is 6.42 Å². The lowest BCUT2D eigenvalue weighted by atomic mass is 9.85. The maximum atomic E-state index is 14.1. The Bertz CT molecular complexity index is 414. The zero-order valence-electron chi connectivity index (χ0n) is 11.3. The van der Waals surface area contributed by atoms with Crippen LogP contribution >= 0.6 is 0 Å². The Balaban J connectivity index is 2.16. The third kappa shape index (κ3) is 2.28. The topological polar surface area (TPSA) is 52.6 Å². The first kappa shape index (κ1) is 15.5. The molecule has 0 amide bonds. The minimum absolute atomic E-state index is 0.114. The minimum Gasteiger partial charge on any atom is -0.481 e. The molecule has 116 valence electrons. The van der Waals surface area contributed by atoms with Gasteiger partial charge in [-0.15, -0.1) is 0 Å². The first-order valence-electron chi connectivity index (χ1n) is 6.45. The maximum Gasteiger partial charge on any atom is 0.315 e. The number of aliphatic carboxylic acids is 1. The summed E-state index contributed by atoms with van der Waals surface area (Å²) in [6, 6.07) is -1.79. The van der Waals surface area contributed by atoms with E-state index in [2.05, 4.69) is 5.32 Å². The molecule has 0 bridgehead atoms. The van der Waals surface area contributed by atoms with E-state index in [-0.39, 0.29) is 6.54 Å². The van der Waals surface area contributed by atoms with Crippen LogP contribution in [-0.2, 0) is 4.79 Å². The monoisotopic (exact) mass is 298 g/mol. The van der Waals surface area contributed by atoms with Gasteiger partial charge < -0.3 is 10.4 Å². The molecule has 0 radical (unpaired) electrons. The highest BCUT2D eigenvalue weighted by molar-refractivity contribution is 5.75. The van der Waals surface area contributed by atoms with Gasteiger partial charge in [0, 0.05) is 12.6 Å². The summed E-state index contributed by atoms with van der Waals surface area (Å²) in [6.07, 6.45) is 0.365. The summed E-state index contributed by atoms with van der Waals surface area (Å²) >= 11 is 0. The number of fused-ring (bicyclic) bond motifs is 1. The van der Waals surface area contributed by atoms with Crippen molar-refractivity contribution in [2.45, 2.75) is 44.2 Å². The lowest BCUT2D eigenvalue weighted by Crippen LogP contribution is -2.54. The van der Waals surface area contributed by atoms with Crippen LogP contribution < -0.4 is 5.32 Å². The Morgan fingerprint density at radius 3 is 2.60 bits per heavy atom. The Hall–Kier alpha value is -0.890. The van der Waals surface area contributed by atoms with Crippen molar-refractivity contribution < 1.29 is 27.5 Å². The molecule has 0 unspecified atom stereocenters. The van der Waals surface area contributed by atoms with Crippen molar-refractivity contribution in [2.75, 3.05) is 19.6 Å². The summed E-state index contributed by atoms with van der Waals surface area (Å²) in [6.45, 7) is 0.447. The van der Waals surface area contributed by atoms with Gasteiger partial charge in [-0.1, -0.05) is 0 Å². The number of likely N-dealkylation sites (tertiary alicyclic amines) is 1. The van der Waals surface area contributed by atoms with Crippen LogP contribution in [0, 0.1) is 5.41 Å². The van der Waals surface area contributed by atoms with Crippen molar-refractivity contribution in [1.82, 2.24) is 10.2 Å². The van der Waals surface area contributed by atoms with Crippen LogP contribution in [0.4, 0.5) is 17.6 Å². The second-order valence-corrected chi connectivity index (χ2v) is 6.09. The fourth-order valence-electron chi connectivity index (χ4n) is 2.79. The largest absolute Gasteiger partial charge is 0.481 e. The van der Waals surface area contributed by atoms with Crippen LogP contribution in [0.2, 0.25) is 0 Å². The van der Waals surface area contributed by atoms with Gasteiger partial charge in [-0.05, 0) is 20.3 Å². The van der Waals surface area contributed by atoms with Gasteiger partial charge in [-0.3, -0.25) is 9.69 Å². The average Bonchev–Trinajstić information content (AvgIpc) is 2.81. The highest BCUT2D eigenvalue weighted by Gasteiger charge is 2.60. The smallest absolute Gasteiger partial charge is 0.315 e. The normalized spacial score (nSPS) is 30.5. The Kier molecular flexibility index (Phi) is 3.53. The summed E-state index contributed by atoms with van der Waals surface area (Å²) in [5.74, 6) is -8.30. The van der Waals surface area contributed by atoms with Gasteiger partial charge in [0.25, 0.3) is 11.8 Å². The van der Waals surface area contributed by atoms with Crippen molar-refractivity contribution in [3.05, 3.63) is 0 Å². The Morgan fingerprint density at radius 2 is 2.05 bits per heavy atom. The number of hydrogen-bond acceptors (Lipinski definition) is 3. The molecule has 2 aliphatic rings. The molecule has 0 aromatic heterocycles. The number of rotatable bonds is 4. The quantitative estimate of drug-likeness (QED) is 0.771. The summed E-state index contributed by atoms with van der Waals surface area (Å²) in [4.78, 5) is 12.0. The lowest BCUT2D eigenvalue weighted by molar-refractivity contribution is -0.179. The Labute approximate surface area is 114 Å². The summed E-state index contributed by atoms with van der Waals surface area (Å²) < 4.78 is 55.7. The summed E-state index contributed by atoms with van der Waals surface area (Å²) in [7, 11) is 0. The van der Waals surface area contributed by atoms with Crippen molar-refractivity contribution in [2.24, 2.45) is 5.41 Å². The van der Waals surface area contributed by atoms with E-state index < -0.39 is 48.4 Å². The molecule has 0 spiro atoms. The van der Waals surface area contributed by atoms with Crippen LogP contribution in [0.1, 0.15) is 20.3 Å². The van der Waals surface area contributed by atoms with Gasteiger partial charge in [-0.2, -0.15) is 0 Å². The molecule has 2 atom stereocenters. The van der Waals surface area contributed by atoms with Gasteiger partial charge in [0.15, 0.2) is 0 Å². The van der Waals surface area contributed by atoms with Gasteiger partial charge in [0.1, 0.15) is 5.41 Å². The van der Waals surface area contributed by atoms with E-state index in [1.54, 1.807) is 0 Å². The maximum absolute atomic E-state index is 14.1. The van der Waals surface area contributed by atoms with Gasteiger partial charge in [0.2, 0.25) is 0 Å². The van der Waals surface area contributed by atoms with Gasteiger partial charge in [-0.25, -0.2) is 17.6 Å². The predicted molar refractivity (Wildman–Crippen MR) is 63.1 cm³/mol. The van der Waals surface area contributed by atoms with E-state index in [1.807, 2.05) is 0 Å². The number of hydrogen-bond donors (Lipinski definition) is 2. The van der Waals surface area contributed by atoms with E-state index in [0.717, 1.165) is 18.7 Å². The molecule has 0 aliphatic carbocycles. The zero-order chi connectivity index (χ0) is 15.3. The predicted octanol–water partition coefficient (Wildman–Crippen LogP) is 1.41. The van der Waals surface area contributed by atoms with E-state index in [9.17, 15) is 22.4 Å². The molecule has 2 saturated heterocycles. The number of alkyl halides is 4. The highest BCUT2D eigenvalue weighted by atomic mass is 19.3. The van der Waals surface area contributed by atoms with E-state index in [4.69, 9.17) is 5.11 Å². The van der Waals surface area contributed by atoms with Crippen LogP contribution in [-0.4, -0.2) is 59.5 Å². The molecule has 0 saturated carbocycles. The third-order valence-electron chi connectivity index (χ3n) is 4.39. The number of carbonyl (C=O) groups is 1. The molecular formula is C12H18F4N2O2. The summed E-state index contributed by atoms with van der Waals surface area (Å²) in [5, 5.41) is 11.5. The SMILES string of the molecule is CC(C)(C(=O)O)C(F)(F)CN1CC[C@@H]2NCC(F)(F)[C@@H]21. The van der Waals surface area contributed by atoms with Crippen LogP contribution in [0.3, 0.4) is 0 Å². The van der Waals surface area contributed by atoms with Crippen LogP contribution in [0.5, 0.6) is 0 Å². The fourth-order valence-corrected chi connectivity index (χ4v) is 2.79. The molecule has 2 fully saturated rings. The molecule has 2 N–H and O–H groups in total. The minimum atomic E-state index is -3.59. The van der Waals surface area contributed by atoms with Crippen molar-refractivity contribution in [3.63, 3.8) is 0 Å². The van der Waals surface area contributed by atoms with Crippen LogP contribution in [0.15, 0.2) is 0 Å². The van der Waals surface area contributed by atoms with Crippen LogP contribution in [0.25, 0.3) is 0 Å². The lowest BCUT2D eigenvalue weighted by Gasteiger charge is -2.36. The molecule has 8 heteroatoms. The number of carboxylic acid groups (broad SMARTS) is 1. The number of carboxylic acids is 1. The van der Waals surface area contributed by atoms with Crippen molar-refractivity contribution >= 4 is 5.97 Å². The number of halogens is 4. The second-order valence-electron chi connectivity index (χ2n) is 6.09. The number of nitrogens with one attached hydrogen (secondary N) is 1. The first-order valence-corrected chi connectivity index (χ1v) is 6.45. The first-order chi connectivity index (χ1) is 8.99. The third-order valence-corrected chi connectivity index (χ3v) is 4.39. The van der Waals surface area contributed by atoms with Gasteiger partial charge in [0.05, 0.1) is 19.1 Å². The summed E-state index contributed by atoms with van der Waals surface area (Å²) in [5.41, 5.74) is -2.30. The average molecular weight is 298 g/mol. The standard InChI is InChI=1S/C12H18F4N2O2/c1-10(2,9(19)20)12(15,16)6-18-4-3-7-8(18)11(13,14)5-17-7/h7-8,17H,3-6H2,1-2H3,(H,19,20)/t7-,8+/m0/s1. The highest BCUT2D eigenvalue weighted by Crippen LogP contribution is 2.42. The van der Waals surface area contributed by atoms with Crippen molar-refractivity contribution in [3.8, 4) is 0 Å². The Morgan fingerprint density at radius 1 is 1.45 bits per heavy atom. The molecule has 2 rings (SSSR count). The zero-order valence-corrected chi connectivity index (χ0v) is 11.3. The molecule has 2 aliphatic heterocycles.